The molecule has 0 fully saturated rings. The molecule has 0 saturated heterocycles. The maximum atomic E-state index is 13.1. The second-order valence-corrected chi connectivity index (χ2v) is 8.57. The van der Waals surface area contributed by atoms with Crippen molar-refractivity contribution in [2.45, 2.75) is 20.0 Å². The van der Waals surface area contributed by atoms with E-state index >= 15 is 0 Å². The van der Waals surface area contributed by atoms with E-state index in [0.717, 1.165) is 28.0 Å². The van der Waals surface area contributed by atoms with Gasteiger partial charge in [0.25, 0.3) is 0 Å². The number of nitrogens with zero attached hydrogens (tertiary/aromatic N) is 1. The molecular formula is C25H19Cl2NO3. The number of Topliss-reactive ketones (excluding diaryl/α,β-unsaturated/α-hetero) is 1. The number of aryl methyl sites for hydroxylation is 1. The number of rotatable bonds is 3. The Balaban J connectivity index is 1.47. The van der Waals surface area contributed by atoms with E-state index in [1.807, 2.05) is 55.5 Å². The standard InChI is InChI=1S/C25H19Cl2NO3/c1-15-10-21-19(13-28(14-30-21)12-16-6-8-18(26)9-7-16)25-23(15)24(29)22(31-25)11-17-4-2-3-5-20(17)27/h2-11H,12-14H2,1H3/b22-11-. The SMILES string of the molecule is Cc1cc2c(c3c1C(=O)/C(=C/c1ccccc1Cl)O3)CN(Cc1ccc(Cl)cc1)CO2. The first-order valence-corrected chi connectivity index (χ1v) is 10.7. The third-order valence-corrected chi connectivity index (χ3v) is 6.10. The molecule has 4 nitrogen and oxygen atoms in total. The summed E-state index contributed by atoms with van der Waals surface area (Å²) in [7, 11) is 0. The summed E-state index contributed by atoms with van der Waals surface area (Å²) in [4.78, 5) is 15.3. The molecule has 3 aromatic carbocycles. The molecule has 0 N–H and O–H groups in total. The lowest BCUT2D eigenvalue weighted by Gasteiger charge is -2.30. The zero-order chi connectivity index (χ0) is 21.5. The molecule has 31 heavy (non-hydrogen) atoms. The van der Waals surface area contributed by atoms with Gasteiger partial charge < -0.3 is 9.47 Å². The van der Waals surface area contributed by atoms with E-state index in [4.69, 9.17) is 32.7 Å². The Morgan fingerprint density at radius 2 is 1.87 bits per heavy atom. The number of allylic oxidation sites excluding steroid dienone is 1. The second kappa shape index (κ2) is 8.04. The van der Waals surface area contributed by atoms with E-state index in [2.05, 4.69) is 4.90 Å². The predicted octanol–water partition coefficient (Wildman–Crippen LogP) is 6.27. The number of carbonyl (C=O) groups is 1. The van der Waals surface area contributed by atoms with Gasteiger partial charge in [0.1, 0.15) is 18.2 Å². The highest BCUT2D eigenvalue weighted by Gasteiger charge is 2.35. The summed E-state index contributed by atoms with van der Waals surface area (Å²) >= 11 is 12.3. The molecule has 0 atom stereocenters. The number of ketones is 1. The Hall–Kier alpha value is -2.79. The molecule has 6 heteroatoms. The highest BCUT2D eigenvalue weighted by Crippen LogP contribution is 2.44. The average molecular weight is 452 g/mol. The molecule has 0 unspecified atom stereocenters. The topological polar surface area (TPSA) is 38.8 Å². The third-order valence-electron chi connectivity index (χ3n) is 5.50. The van der Waals surface area contributed by atoms with Crippen molar-refractivity contribution in [3.63, 3.8) is 0 Å². The summed E-state index contributed by atoms with van der Waals surface area (Å²) in [6, 6.07) is 17.1. The fraction of sp³-hybridized carbons (Fsp3) is 0.160. The molecule has 0 bridgehead atoms. The van der Waals surface area contributed by atoms with Crippen LogP contribution < -0.4 is 9.47 Å². The molecule has 0 amide bonds. The Kier molecular flexibility index (Phi) is 5.22. The summed E-state index contributed by atoms with van der Waals surface area (Å²) < 4.78 is 12.1. The van der Waals surface area contributed by atoms with Crippen LogP contribution in [0, 0.1) is 6.92 Å². The minimum atomic E-state index is -0.134. The number of halogens is 2. The number of carbonyl (C=O) groups excluding carboxylic acids is 1. The minimum absolute atomic E-state index is 0.134. The van der Waals surface area contributed by atoms with Crippen molar-refractivity contribution in [3.05, 3.63) is 98.2 Å². The van der Waals surface area contributed by atoms with Gasteiger partial charge in [0, 0.05) is 23.1 Å². The van der Waals surface area contributed by atoms with Crippen LogP contribution in [-0.2, 0) is 13.1 Å². The van der Waals surface area contributed by atoms with Gasteiger partial charge in [-0.15, -0.1) is 0 Å². The van der Waals surface area contributed by atoms with Gasteiger partial charge in [0.2, 0.25) is 5.78 Å². The molecule has 0 aromatic heterocycles. The van der Waals surface area contributed by atoms with Crippen molar-refractivity contribution < 1.29 is 14.3 Å². The highest BCUT2D eigenvalue weighted by molar-refractivity contribution is 6.32. The lowest BCUT2D eigenvalue weighted by atomic mass is 9.98. The number of fused-ring (bicyclic) bond motifs is 3. The van der Waals surface area contributed by atoms with Crippen molar-refractivity contribution in [3.8, 4) is 11.5 Å². The molecule has 0 spiro atoms. The number of benzene rings is 3. The van der Waals surface area contributed by atoms with E-state index in [0.29, 0.717) is 41.2 Å². The van der Waals surface area contributed by atoms with Crippen LogP contribution in [0.1, 0.15) is 32.6 Å². The van der Waals surface area contributed by atoms with Crippen LogP contribution in [0.3, 0.4) is 0 Å². The van der Waals surface area contributed by atoms with Gasteiger partial charge in [0.15, 0.2) is 5.76 Å². The zero-order valence-corrected chi connectivity index (χ0v) is 18.3. The summed E-state index contributed by atoms with van der Waals surface area (Å²) in [6.45, 7) is 3.69. The van der Waals surface area contributed by atoms with Crippen LogP contribution in [0.15, 0.2) is 60.4 Å². The highest BCUT2D eigenvalue weighted by atomic mass is 35.5. The quantitative estimate of drug-likeness (QED) is 0.439. The Labute approximate surface area is 190 Å². The van der Waals surface area contributed by atoms with Gasteiger partial charge in [-0.1, -0.05) is 53.5 Å². The Bertz CT molecular complexity index is 1220. The summed E-state index contributed by atoms with van der Waals surface area (Å²) in [6.07, 6.45) is 1.70. The molecule has 0 radical (unpaired) electrons. The van der Waals surface area contributed by atoms with Gasteiger partial charge in [-0.2, -0.15) is 0 Å². The second-order valence-electron chi connectivity index (χ2n) is 7.72. The van der Waals surface area contributed by atoms with Gasteiger partial charge in [-0.25, -0.2) is 0 Å². The van der Waals surface area contributed by atoms with Crippen LogP contribution in [0.2, 0.25) is 10.0 Å². The van der Waals surface area contributed by atoms with Crippen molar-refractivity contribution >= 4 is 35.1 Å². The fourth-order valence-corrected chi connectivity index (χ4v) is 4.27. The van der Waals surface area contributed by atoms with Gasteiger partial charge in [-0.05, 0) is 54.0 Å². The molecular weight excluding hydrogens is 433 g/mol. The maximum Gasteiger partial charge on any atom is 0.232 e. The van der Waals surface area contributed by atoms with Gasteiger partial charge in [-0.3, -0.25) is 9.69 Å². The summed E-state index contributed by atoms with van der Waals surface area (Å²) in [5, 5.41) is 1.28. The number of ether oxygens (including phenoxy) is 2. The van der Waals surface area contributed by atoms with Crippen LogP contribution in [-0.4, -0.2) is 17.4 Å². The van der Waals surface area contributed by atoms with Crippen molar-refractivity contribution in [2.75, 3.05) is 6.73 Å². The molecule has 5 rings (SSSR count). The van der Waals surface area contributed by atoms with Gasteiger partial charge >= 0.3 is 0 Å². The smallest absolute Gasteiger partial charge is 0.232 e. The molecule has 156 valence electrons. The van der Waals surface area contributed by atoms with Crippen LogP contribution in [0.4, 0.5) is 0 Å². The van der Waals surface area contributed by atoms with E-state index in [-0.39, 0.29) is 11.5 Å². The van der Waals surface area contributed by atoms with E-state index < -0.39 is 0 Å². The van der Waals surface area contributed by atoms with Crippen LogP contribution in [0.5, 0.6) is 11.5 Å². The number of hydrogen-bond donors (Lipinski definition) is 0. The fourth-order valence-electron chi connectivity index (χ4n) is 3.96. The average Bonchev–Trinajstić information content (AvgIpc) is 3.09. The summed E-state index contributed by atoms with van der Waals surface area (Å²) in [5.41, 5.74) is 4.20. The lowest BCUT2D eigenvalue weighted by Crippen LogP contribution is -2.31. The molecule has 0 aliphatic carbocycles. The monoisotopic (exact) mass is 451 g/mol. The first kappa shape index (κ1) is 20.1. The predicted molar refractivity (Wildman–Crippen MR) is 122 cm³/mol. The van der Waals surface area contributed by atoms with Gasteiger partial charge in [0.05, 0.1) is 11.1 Å². The van der Waals surface area contributed by atoms with Crippen LogP contribution >= 0.6 is 23.2 Å². The Morgan fingerprint density at radius 3 is 2.65 bits per heavy atom. The van der Waals surface area contributed by atoms with E-state index in [1.165, 1.54) is 0 Å². The molecule has 2 aliphatic rings. The first-order valence-electron chi connectivity index (χ1n) is 9.94. The lowest BCUT2D eigenvalue weighted by molar-refractivity contribution is 0.0872. The van der Waals surface area contributed by atoms with E-state index in [9.17, 15) is 4.79 Å². The molecule has 2 aliphatic heterocycles. The third kappa shape index (κ3) is 3.83. The zero-order valence-electron chi connectivity index (χ0n) is 16.8. The van der Waals surface area contributed by atoms with Crippen molar-refractivity contribution in [1.82, 2.24) is 4.90 Å². The van der Waals surface area contributed by atoms with E-state index in [1.54, 1.807) is 12.1 Å². The maximum absolute atomic E-state index is 13.1. The number of hydrogen-bond acceptors (Lipinski definition) is 4. The van der Waals surface area contributed by atoms with Crippen LogP contribution in [0.25, 0.3) is 6.08 Å². The largest absolute Gasteiger partial charge is 0.478 e. The molecule has 0 saturated carbocycles. The van der Waals surface area contributed by atoms with Crippen molar-refractivity contribution in [2.24, 2.45) is 0 Å². The first-order chi connectivity index (χ1) is 15.0. The molecule has 3 aromatic rings. The minimum Gasteiger partial charge on any atom is -0.478 e. The van der Waals surface area contributed by atoms with Crippen molar-refractivity contribution in [1.29, 1.82) is 0 Å². The Morgan fingerprint density at radius 1 is 1.10 bits per heavy atom. The molecule has 2 heterocycles. The normalized spacial score (nSPS) is 16.6. The summed E-state index contributed by atoms with van der Waals surface area (Å²) in [5.74, 6) is 1.48.